The highest BCUT2D eigenvalue weighted by Crippen LogP contribution is 2.26. The predicted octanol–water partition coefficient (Wildman–Crippen LogP) is 2.45. The van der Waals surface area contributed by atoms with E-state index in [-0.39, 0.29) is 0 Å². The topological polar surface area (TPSA) is 46.0 Å². The maximum atomic E-state index is 6.41. The number of hydrogen-bond donors (Lipinski definition) is 1. The van der Waals surface area contributed by atoms with Crippen molar-refractivity contribution in [2.45, 2.75) is 33.0 Å². The fraction of sp³-hybridized carbons (Fsp3) is 0.467. The predicted molar refractivity (Wildman–Crippen MR) is 84.5 cm³/mol. The fourth-order valence-corrected chi connectivity index (χ4v) is 2.80. The molecule has 0 spiro atoms. The van der Waals surface area contributed by atoms with Crippen LogP contribution in [0.5, 0.6) is 0 Å². The summed E-state index contributed by atoms with van der Waals surface area (Å²) in [6, 6.07) is 6.30. The van der Waals surface area contributed by atoms with Crippen LogP contribution in [0, 0.1) is 0 Å². The van der Waals surface area contributed by atoms with E-state index < -0.39 is 0 Å². The molecule has 1 aliphatic heterocycles. The van der Waals surface area contributed by atoms with Crippen LogP contribution in [0.4, 0.5) is 5.69 Å². The summed E-state index contributed by atoms with van der Waals surface area (Å²) in [6.45, 7) is 6.65. The number of hydrogen-bond acceptors (Lipinski definition) is 4. The first kappa shape index (κ1) is 14.4. The van der Waals surface area contributed by atoms with Gasteiger partial charge in [0.1, 0.15) is 6.33 Å². The molecule has 2 aromatic rings. The van der Waals surface area contributed by atoms with Gasteiger partial charge in [-0.05, 0) is 30.7 Å². The Kier molecular flexibility index (Phi) is 4.41. The van der Waals surface area contributed by atoms with Crippen LogP contribution in [0.1, 0.15) is 24.7 Å². The van der Waals surface area contributed by atoms with Crippen LogP contribution < -0.4 is 10.2 Å². The van der Waals surface area contributed by atoms with E-state index in [1.165, 1.54) is 0 Å². The third-order valence-electron chi connectivity index (χ3n) is 3.78. The molecule has 0 fully saturated rings. The monoisotopic (exact) mass is 305 g/mol. The summed E-state index contributed by atoms with van der Waals surface area (Å²) in [7, 11) is 0. The van der Waals surface area contributed by atoms with Gasteiger partial charge in [-0.3, -0.25) is 0 Å². The smallest absolute Gasteiger partial charge is 0.152 e. The lowest BCUT2D eigenvalue weighted by molar-refractivity contribution is 0.560. The molecule has 1 aromatic heterocycles. The number of anilines is 1. The zero-order chi connectivity index (χ0) is 14.7. The molecule has 6 heteroatoms. The van der Waals surface area contributed by atoms with Crippen molar-refractivity contribution in [1.82, 2.24) is 20.1 Å². The molecule has 21 heavy (non-hydrogen) atoms. The largest absolute Gasteiger partial charge is 0.362 e. The lowest BCUT2D eigenvalue weighted by atomic mass is 10.1. The number of aromatic nitrogens is 3. The molecule has 0 unspecified atom stereocenters. The van der Waals surface area contributed by atoms with Crippen LogP contribution in [0.3, 0.4) is 0 Å². The van der Waals surface area contributed by atoms with Gasteiger partial charge in [0.15, 0.2) is 5.82 Å². The second-order valence-corrected chi connectivity index (χ2v) is 5.72. The third kappa shape index (κ3) is 3.19. The molecule has 0 aliphatic carbocycles. The molecule has 112 valence electrons. The van der Waals surface area contributed by atoms with E-state index in [0.717, 1.165) is 61.2 Å². The van der Waals surface area contributed by atoms with Crippen LogP contribution in [0.15, 0.2) is 24.5 Å². The molecule has 1 aromatic carbocycles. The Morgan fingerprint density at radius 3 is 3.05 bits per heavy atom. The van der Waals surface area contributed by atoms with Gasteiger partial charge in [-0.1, -0.05) is 24.6 Å². The first-order chi connectivity index (χ1) is 10.3. The Morgan fingerprint density at radius 1 is 1.33 bits per heavy atom. The summed E-state index contributed by atoms with van der Waals surface area (Å²) in [6.07, 6.45) is 2.92. The molecule has 0 atom stereocenters. The second kappa shape index (κ2) is 6.45. The Balaban J connectivity index is 1.71. The second-order valence-electron chi connectivity index (χ2n) is 5.31. The Labute approximate surface area is 129 Å². The summed E-state index contributed by atoms with van der Waals surface area (Å²) < 4.78 is 2.10. The van der Waals surface area contributed by atoms with Crippen LogP contribution in [0.2, 0.25) is 5.02 Å². The van der Waals surface area contributed by atoms with Gasteiger partial charge >= 0.3 is 0 Å². The lowest BCUT2D eigenvalue weighted by Gasteiger charge is -2.29. The number of halogens is 1. The highest BCUT2D eigenvalue weighted by molar-refractivity contribution is 6.31. The Bertz CT molecular complexity index is 610. The minimum Gasteiger partial charge on any atom is -0.362 e. The van der Waals surface area contributed by atoms with Gasteiger partial charge in [0.2, 0.25) is 0 Å². The van der Waals surface area contributed by atoms with E-state index in [9.17, 15) is 0 Å². The number of nitrogens with one attached hydrogen (secondary N) is 1. The van der Waals surface area contributed by atoms with Gasteiger partial charge < -0.3 is 14.8 Å². The number of fused-ring (bicyclic) bond motifs is 1. The van der Waals surface area contributed by atoms with E-state index in [4.69, 9.17) is 11.6 Å². The molecule has 1 N–H and O–H groups in total. The van der Waals surface area contributed by atoms with E-state index in [1.54, 1.807) is 6.33 Å². The maximum absolute atomic E-state index is 6.41. The highest BCUT2D eigenvalue weighted by Gasteiger charge is 2.18. The molecule has 5 nitrogen and oxygen atoms in total. The molecule has 0 saturated carbocycles. The SMILES string of the molecule is CCCNCc1ccc(N2CCn3cnnc3C2)cc1Cl. The molecule has 3 rings (SSSR count). The number of benzene rings is 1. The minimum absolute atomic E-state index is 0.782. The van der Waals surface area contributed by atoms with Crippen LogP contribution in [-0.2, 0) is 19.6 Å². The van der Waals surface area contributed by atoms with Crippen molar-refractivity contribution < 1.29 is 0 Å². The lowest BCUT2D eigenvalue weighted by Crippen LogP contribution is -2.33. The molecule has 0 bridgehead atoms. The van der Waals surface area contributed by atoms with Gasteiger partial charge in [-0.25, -0.2) is 0 Å². The van der Waals surface area contributed by atoms with Crippen molar-refractivity contribution in [2.75, 3.05) is 18.0 Å². The van der Waals surface area contributed by atoms with Crippen molar-refractivity contribution in [3.05, 3.63) is 40.9 Å². The molecular weight excluding hydrogens is 286 g/mol. The van der Waals surface area contributed by atoms with Crippen LogP contribution in [0.25, 0.3) is 0 Å². The molecule has 2 heterocycles. The molecule has 0 radical (unpaired) electrons. The molecular formula is C15H20ClN5. The summed E-state index contributed by atoms with van der Waals surface area (Å²) in [4.78, 5) is 2.29. The Morgan fingerprint density at radius 2 is 2.24 bits per heavy atom. The van der Waals surface area contributed by atoms with Crippen molar-refractivity contribution >= 4 is 17.3 Å². The third-order valence-corrected chi connectivity index (χ3v) is 4.13. The molecule has 0 saturated heterocycles. The van der Waals surface area contributed by atoms with Crippen LogP contribution in [-0.4, -0.2) is 27.9 Å². The zero-order valence-corrected chi connectivity index (χ0v) is 13.0. The quantitative estimate of drug-likeness (QED) is 0.862. The maximum Gasteiger partial charge on any atom is 0.152 e. The van der Waals surface area contributed by atoms with Gasteiger partial charge in [-0.15, -0.1) is 10.2 Å². The number of nitrogens with zero attached hydrogens (tertiary/aromatic N) is 4. The summed E-state index contributed by atoms with van der Waals surface area (Å²) in [5.74, 6) is 1.01. The van der Waals surface area contributed by atoms with E-state index in [1.807, 2.05) is 0 Å². The van der Waals surface area contributed by atoms with Gasteiger partial charge in [0, 0.05) is 30.3 Å². The number of rotatable bonds is 5. The summed E-state index contributed by atoms with van der Waals surface area (Å²) in [5, 5.41) is 12.3. The zero-order valence-electron chi connectivity index (χ0n) is 12.2. The Hall–Kier alpha value is -1.59. The van der Waals surface area contributed by atoms with Gasteiger partial charge in [-0.2, -0.15) is 0 Å². The van der Waals surface area contributed by atoms with Crippen LogP contribution >= 0.6 is 11.6 Å². The van der Waals surface area contributed by atoms with Crippen molar-refractivity contribution in [1.29, 1.82) is 0 Å². The highest BCUT2D eigenvalue weighted by atomic mass is 35.5. The normalized spacial score (nSPS) is 14.3. The van der Waals surface area contributed by atoms with Gasteiger partial charge in [0.25, 0.3) is 0 Å². The van der Waals surface area contributed by atoms with Crippen molar-refractivity contribution in [3.63, 3.8) is 0 Å². The van der Waals surface area contributed by atoms with E-state index in [2.05, 4.69) is 50.1 Å². The average Bonchev–Trinajstić information content (AvgIpc) is 2.96. The van der Waals surface area contributed by atoms with E-state index >= 15 is 0 Å². The minimum atomic E-state index is 0.782. The first-order valence-corrected chi connectivity index (χ1v) is 7.76. The standard InChI is InChI=1S/C15H20ClN5/c1-2-5-17-9-12-3-4-13(8-14(12)16)20-6-7-21-11-18-19-15(21)10-20/h3-4,8,11,17H,2,5-7,9-10H2,1H3. The summed E-state index contributed by atoms with van der Waals surface area (Å²) in [5.41, 5.74) is 2.29. The van der Waals surface area contributed by atoms with Crippen molar-refractivity contribution in [2.24, 2.45) is 0 Å². The summed E-state index contributed by atoms with van der Waals surface area (Å²) >= 11 is 6.41. The van der Waals surface area contributed by atoms with E-state index in [0.29, 0.717) is 0 Å². The first-order valence-electron chi connectivity index (χ1n) is 7.38. The van der Waals surface area contributed by atoms with Crippen molar-refractivity contribution in [3.8, 4) is 0 Å². The molecule has 1 aliphatic rings. The average molecular weight is 306 g/mol. The van der Waals surface area contributed by atoms with Gasteiger partial charge in [0.05, 0.1) is 6.54 Å². The molecule has 0 amide bonds. The fourth-order valence-electron chi connectivity index (χ4n) is 2.56.